The lowest BCUT2D eigenvalue weighted by Crippen LogP contribution is -2.52. The van der Waals surface area contributed by atoms with Gasteiger partial charge in [-0.1, -0.05) is 133 Å². The molecule has 0 spiro atoms. The van der Waals surface area contributed by atoms with Crippen molar-refractivity contribution in [1.29, 1.82) is 0 Å². The molecular formula is C54H52F6N2O7. The van der Waals surface area contributed by atoms with Gasteiger partial charge in [0, 0.05) is 12.1 Å². The van der Waals surface area contributed by atoms with Crippen molar-refractivity contribution in [2.75, 3.05) is 13.2 Å². The summed E-state index contributed by atoms with van der Waals surface area (Å²) in [5.74, 6) is -2.45. The molecular weight excluding hydrogens is 903 g/mol. The third-order valence-electron chi connectivity index (χ3n) is 11.0. The number of rotatable bonds is 14. The second kappa shape index (κ2) is 23.7. The molecule has 0 saturated carbocycles. The first-order chi connectivity index (χ1) is 32.4. The number of carboxylic acid groups (broad SMARTS) is 2. The fourth-order valence-corrected chi connectivity index (χ4v) is 6.62. The van der Waals surface area contributed by atoms with Gasteiger partial charge in [-0.05, 0) is 113 Å². The van der Waals surface area contributed by atoms with E-state index in [4.69, 9.17) is 15.9 Å². The fraction of sp³-hybridized carbons (Fsp3) is 0.204. The number of halogens is 6. The number of carbonyl (C=O) groups excluding carboxylic acids is 1. The summed E-state index contributed by atoms with van der Waals surface area (Å²) in [4.78, 5) is 32.3. The number of carboxylic acids is 2. The molecule has 0 unspecified atom stereocenters. The smallest absolute Gasteiger partial charge is 0.416 e. The van der Waals surface area contributed by atoms with Crippen LogP contribution in [0.25, 0.3) is 46.6 Å². The van der Waals surface area contributed by atoms with E-state index < -0.39 is 59.7 Å². The molecule has 0 aliphatic carbocycles. The lowest BCUT2D eigenvalue weighted by Gasteiger charge is -2.24. The monoisotopic (exact) mass is 954 g/mol. The van der Waals surface area contributed by atoms with Crippen molar-refractivity contribution in [2.45, 2.75) is 57.7 Å². The van der Waals surface area contributed by atoms with Gasteiger partial charge in [0.05, 0.1) is 24.3 Å². The molecule has 2 atom stereocenters. The van der Waals surface area contributed by atoms with Gasteiger partial charge in [0.25, 0.3) is 0 Å². The maximum absolute atomic E-state index is 13.6. The average Bonchev–Trinajstić information content (AvgIpc) is 3.32. The van der Waals surface area contributed by atoms with Crippen molar-refractivity contribution < 1.29 is 61.2 Å². The van der Waals surface area contributed by atoms with Crippen molar-refractivity contribution in [3.05, 3.63) is 189 Å². The quantitative estimate of drug-likeness (QED) is 0.0353. The molecule has 0 radical (unpaired) electrons. The summed E-state index contributed by atoms with van der Waals surface area (Å²) in [6, 6.07) is 38.0. The summed E-state index contributed by atoms with van der Waals surface area (Å²) in [5, 5.41) is 37.8. The van der Waals surface area contributed by atoms with E-state index in [9.17, 15) is 50.9 Å². The molecule has 0 aliphatic heterocycles. The Labute approximate surface area is 395 Å². The predicted octanol–water partition coefficient (Wildman–Crippen LogP) is 11.2. The van der Waals surface area contributed by atoms with Crippen LogP contribution in [-0.2, 0) is 28.5 Å². The molecule has 69 heavy (non-hydrogen) atoms. The van der Waals surface area contributed by atoms with Crippen molar-refractivity contribution in [1.82, 2.24) is 5.32 Å². The van der Waals surface area contributed by atoms with Crippen LogP contribution in [0.15, 0.2) is 133 Å². The second-order valence-electron chi connectivity index (χ2n) is 16.3. The van der Waals surface area contributed by atoms with Crippen LogP contribution >= 0.6 is 0 Å². The number of aliphatic carboxylic acids is 2. The molecule has 0 saturated heterocycles. The fourth-order valence-electron chi connectivity index (χ4n) is 6.62. The molecule has 6 aromatic rings. The van der Waals surface area contributed by atoms with Gasteiger partial charge in [0.2, 0.25) is 0 Å². The lowest BCUT2D eigenvalue weighted by molar-refractivity contribution is -0.146. The number of benzene rings is 6. The SMILES string of the molecule is C[C@](N)(CO)C(=O)O.Cc1c(/C=C/c2cc(C=O)ccc2C(F)(F)F)cccc1-c1ccccc1.Cc1c(/C=C/c2cc(CN[C@@](C)(CO)C(=O)O)ccc2C(F)(F)F)cccc1-c1ccccc1. The van der Waals surface area contributed by atoms with Gasteiger partial charge < -0.3 is 26.2 Å². The largest absolute Gasteiger partial charge is 0.480 e. The van der Waals surface area contributed by atoms with Gasteiger partial charge in [0.1, 0.15) is 17.4 Å². The van der Waals surface area contributed by atoms with Gasteiger partial charge in [-0.15, -0.1) is 0 Å². The molecule has 0 heterocycles. The summed E-state index contributed by atoms with van der Waals surface area (Å²) in [5.41, 5.74) is 8.58. The van der Waals surface area contributed by atoms with E-state index in [2.05, 4.69) is 5.32 Å². The summed E-state index contributed by atoms with van der Waals surface area (Å²) in [6.07, 6.45) is -2.35. The van der Waals surface area contributed by atoms with Crippen LogP contribution in [0.5, 0.6) is 0 Å². The maximum atomic E-state index is 13.6. The molecule has 0 aromatic heterocycles. The van der Waals surface area contributed by atoms with Crippen LogP contribution in [0, 0.1) is 13.8 Å². The van der Waals surface area contributed by atoms with Gasteiger partial charge in [-0.25, -0.2) is 0 Å². The minimum Gasteiger partial charge on any atom is -0.480 e. The number of hydrogen-bond donors (Lipinski definition) is 6. The Hall–Kier alpha value is -7.17. The molecule has 9 nitrogen and oxygen atoms in total. The zero-order chi connectivity index (χ0) is 51.2. The zero-order valence-corrected chi connectivity index (χ0v) is 38.1. The minimum absolute atomic E-state index is 0.0230. The molecule has 6 aromatic carbocycles. The van der Waals surface area contributed by atoms with E-state index in [-0.39, 0.29) is 23.2 Å². The lowest BCUT2D eigenvalue weighted by atomic mass is 9.95. The summed E-state index contributed by atoms with van der Waals surface area (Å²) >= 11 is 0. The standard InChI is InChI=1S/C27H26F3NO3.C23H17F3O.C4H9NO3/c1-18-20(9-6-10-23(18)21-7-4-3-5-8-21)12-13-22-15-19(11-14-24(22)27(28,29)30)16-31-26(2,17-32)25(33)34;1-16-18(8-5-9-21(16)19-6-3-2-4-7-19)11-12-20-14-17(15-27)10-13-22(20)23(24,25)26;1-4(5,2-6)3(7)8/h3-15,31-32H,16-17H2,1-2H3,(H,33,34);2-15H,1H3;6H,2,5H2,1H3,(H,7,8)/b13-12+;12-11+;/t26-;;4-/m0.0/s1. The van der Waals surface area contributed by atoms with Crippen LogP contribution in [0.1, 0.15) is 74.3 Å². The Morgan fingerprint density at radius 3 is 1.38 bits per heavy atom. The minimum atomic E-state index is -4.55. The number of aliphatic hydroxyl groups excluding tert-OH is 2. The Balaban J connectivity index is 0.000000264. The normalized spacial score (nSPS) is 13.3. The topological polar surface area (TPSA) is 170 Å². The van der Waals surface area contributed by atoms with Crippen molar-refractivity contribution >= 4 is 42.5 Å². The van der Waals surface area contributed by atoms with Crippen LogP contribution in [0.2, 0.25) is 0 Å². The number of aliphatic hydroxyl groups is 2. The van der Waals surface area contributed by atoms with Gasteiger partial charge in [-0.2, -0.15) is 26.3 Å². The Bertz CT molecular complexity index is 2770. The third-order valence-corrected chi connectivity index (χ3v) is 11.0. The van der Waals surface area contributed by atoms with Gasteiger partial charge in [-0.3, -0.25) is 19.7 Å². The summed E-state index contributed by atoms with van der Waals surface area (Å²) in [6.45, 7) is 5.20. The van der Waals surface area contributed by atoms with Crippen LogP contribution in [0.4, 0.5) is 26.3 Å². The first-order valence-electron chi connectivity index (χ1n) is 21.2. The number of carbonyl (C=O) groups is 3. The van der Waals surface area contributed by atoms with Gasteiger partial charge in [0.15, 0.2) is 0 Å². The molecule has 0 aliphatic rings. The number of nitrogens with one attached hydrogen (secondary N) is 1. The van der Waals surface area contributed by atoms with E-state index in [1.165, 1.54) is 50.3 Å². The molecule has 15 heteroatoms. The van der Waals surface area contributed by atoms with Crippen LogP contribution < -0.4 is 11.1 Å². The van der Waals surface area contributed by atoms with Crippen molar-refractivity contribution in [3.63, 3.8) is 0 Å². The maximum Gasteiger partial charge on any atom is 0.416 e. The van der Waals surface area contributed by atoms with E-state index >= 15 is 0 Å². The second-order valence-corrected chi connectivity index (χ2v) is 16.3. The average molecular weight is 955 g/mol. The Kier molecular flexibility index (Phi) is 18.7. The van der Waals surface area contributed by atoms with Crippen molar-refractivity contribution in [2.24, 2.45) is 5.73 Å². The number of alkyl halides is 6. The molecule has 362 valence electrons. The van der Waals surface area contributed by atoms with E-state index in [1.54, 1.807) is 12.2 Å². The van der Waals surface area contributed by atoms with E-state index in [0.717, 1.165) is 56.6 Å². The zero-order valence-electron chi connectivity index (χ0n) is 38.1. The molecule has 7 N–H and O–H groups in total. The molecule has 0 fully saturated rings. The molecule has 0 amide bonds. The van der Waals surface area contributed by atoms with Crippen LogP contribution in [0.3, 0.4) is 0 Å². The summed E-state index contributed by atoms with van der Waals surface area (Å²) < 4.78 is 80.7. The Morgan fingerprint density at radius 1 is 0.565 bits per heavy atom. The predicted molar refractivity (Wildman–Crippen MR) is 257 cm³/mol. The highest BCUT2D eigenvalue weighted by Crippen LogP contribution is 2.36. The van der Waals surface area contributed by atoms with Gasteiger partial charge >= 0.3 is 24.3 Å². The molecule has 0 bridgehead atoms. The number of hydrogen-bond acceptors (Lipinski definition) is 7. The van der Waals surface area contributed by atoms with E-state index in [0.29, 0.717) is 11.8 Å². The van der Waals surface area contributed by atoms with Crippen molar-refractivity contribution in [3.8, 4) is 22.3 Å². The van der Waals surface area contributed by atoms with E-state index in [1.807, 2.05) is 111 Å². The first-order valence-corrected chi connectivity index (χ1v) is 21.2. The van der Waals surface area contributed by atoms with Crippen LogP contribution in [-0.4, -0.2) is 62.9 Å². The highest BCUT2D eigenvalue weighted by Gasteiger charge is 2.35. The number of aldehydes is 1. The first kappa shape index (κ1) is 54.4. The number of nitrogens with two attached hydrogens (primary N) is 1. The summed E-state index contributed by atoms with van der Waals surface area (Å²) in [7, 11) is 0. The highest BCUT2D eigenvalue weighted by molar-refractivity contribution is 5.82. The highest BCUT2D eigenvalue weighted by atomic mass is 19.4. The Morgan fingerprint density at radius 2 is 1.00 bits per heavy atom. The third kappa shape index (κ3) is 14.9. The molecule has 6 rings (SSSR count).